The Bertz CT molecular complexity index is 549. The highest BCUT2D eigenvalue weighted by molar-refractivity contribution is 7.89. The average molecular weight is 318 g/mol. The van der Waals surface area contributed by atoms with Crippen LogP contribution in [0.2, 0.25) is 0 Å². The van der Waals surface area contributed by atoms with Crippen LogP contribution in [0.5, 0.6) is 0 Å². The maximum Gasteiger partial charge on any atom is 0.244 e. The van der Waals surface area contributed by atoms with Gasteiger partial charge < -0.3 is 14.4 Å². The third-order valence-corrected chi connectivity index (χ3v) is 5.36. The van der Waals surface area contributed by atoms with Crippen LogP contribution in [0, 0.1) is 0 Å². The van der Waals surface area contributed by atoms with Crippen LogP contribution in [0.1, 0.15) is 39.4 Å². The molecule has 0 aliphatic carbocycles. The van der Waals surface area contributed by atoms with Gasteiger partial charge in [-0.15, -0.1) is 0 Å². The minimum absolute atomic E-state index is 0.0857. The van der Waals surface area contributed by atoms with Gasteiger partial charge in [-0.2, -0.15) is 4.31 Å². The SMILES string of the molecule is COCCN(C(C)C)S(=O)(=O)c1cc(CO)n(C(C)C)c1. The molecule has 0 aromatic carbocycles. The van der Waals surface area contributed by atoms with Crippen molar-refractivity contribution in [3.63, 3.8) is 0 Å². The lowest BCUT2D eigenvalue weighted by Crippen LogP contribution is -2.39. The molecule has 1 N–H and O–H groups in total. The van der Waals surface area contributed by atoms with Gasteiger partial charge in [0.05, 0.1) is 13.2 Å². The van der Waals surface area contributed by atoms with E-state index in [0.29, 0.717) is 18.8 Å². The van der Waals surface area contributed by atoms with Crippen LogP contribution in [0.3, 0.4) is 0 Å². The molecule has 0 aliphatic rings. The highest BCUT2D eigenvalue weighted by Crippen LogP contribution is 2.23. The summed E-state index contributed by atoms with van der Waals surface area (Å²) in [5, 5.41) is 9.39. The van der Waals surface area contributed by atoms with Crippen LogP contribution < -0.4 is 0 Å². The molecule has 7 heteroatoms. The molecule has 0 aliphatic heterocycles. The van der Waals surface area contributed by atoms with Crippen molar-refractivity contribution in [2.75, 3.05) is 20.3 Å². The van der Waals surface area contributed by atoms with Gasteiger partial charge in [0.15, 0.2) is 0 Å². The molecule has 0 fully saturated rings. The first-order valence-electron chi connectivity index (χ1n) is 7.08. The summed E-state index contributed by atoms with van der Waals surface area (Å²) < 4.78 is 33.7. The zero-order chi connectivity index (χ0) is 16.2. The average Bonchev–Trinajstić information content (AvgIpc) is 2.83. The van der Waals surface area contributed by atoms with E-state index in [-0.39, 0.29) is 23.6 Å². The summed E-state index contributed by atoms with van der Waals surface area (Å²) in [4.78, 5) is 0.213. The van der Waals surface area contributed by atoms with Crippen LogP contribution in [-0.2, 0) is 21.4 Å². The Hall–Kier alpha value is -0.890. The van der Waals surface area contributed by atoms with Crippen molar-refractivity contribution in [2.24, 2.45) is 0 Å². The van der Waals surface area contributed by atoms with Crippen molar-refractivity contribution in [3.05, 3.63) is 18.0 Å². The Balaban J connectivity index is 3.22. The van der Waals surface area contributed by atoms with Crippen molar-refractivity contribution in [2.45, 2.75) is 51.3 Å². The van der Waals surface area contributed by atoms with Gasteiger partial charge >= 0.3 is 0 Å². The van der Waals surface area contributed by atoms with Crippen molar-refractivity contribution in [1.82, 2.24) is 8.87 Å². The molecule has 0 saturated carbocycles. The summed E-state index contributed by atoms with van der Waals surface area (Å²) in [5.41, 5.74) is 0.596. The first kappa shape index (κ1) is 18.2. The van der Waals surface area contributed by atoms with E-state index in [4.69, 9.17) is 4.74 Å². The molecule has 0 amide bonds. The Morgan fingerprint density at radius 1 is 1.33 bits per heavy atom. The van der Waals surface area contributed by atoms with Crippen molar-refractivity contribution >= 4 is 10.0 Å². The van der Waals surface area contributed by atoms with Gasteiger partial charge in [0, 0.05) is 37.6 Å². The Morgan fingerprint density at radius 3 is 2.33 bits per heavy atom. The van der Waals surface area contributed by atoms with Gasteiger partial charge in [0.25, 0.3) is 0 Å². The molecule has 1 rings (SSSR count). The lowest BCUT2D eigenvalue weighted by atomic mass is 10.3. The molecular formula is C14H26N2O4S. The maximum atomic E-state index is 12.8. The first-order valence-corrected chi connectivity index (χ1v) is 8.52. The molecule has 1 aromatic heterocycles. The van der Waals surface area contributed by atoms with Crippen LogP contribution in [0.4, 0.5) is 0 Å². The quantitative estimate of drug-likeness (QED) is 0.790. The Labute approximate surface area is 127 Å². The number of aliphatic hydroxyl groups excluding tert-OH is 1. The third-order valence-electron chi connectivity index (χ3n) is 3.32. The summed E-state index contributed by atoms with van der Waals surface area (Å²) in [6.45, 7) is 8.01. The highest BCUT2D eigenvalue weighted by atomic mass is 32.2. The number of hydrogen-bond donors (Lipinski definition) is 1. The third kappa shape index (κ3) is 4.06. The van der Waals surface area contributed by atoms with Crippen LogP contribution >= 0.6 is 0 Å². The second kappa shape index (κ2) is 7.40. The number of aromatic nitrogens is 1. The van der Waals surface area contributed by atoms with Gasteiger partial charge in [0.2, 0.25) is 10.0 Å². The summed E-state index contributed by atoms with van der Waals surface area (Å²) in [5.74, 6) is 0. The van der Waals surface area contributed by atoms with Crippen molar-refractivity contribution in [3.8, 4) is 0 Å². The molecule has 0 saturated heterocycles. The molecule has 0 bridgehead atoms. The molecule has 122 valence electrons. The largest absolute Gasteiger partial charge is 0.390 e. The smallest absolute Gasteiger partial charge is 0.244 e. The number of aliphatic hydroxyl groups is 1. The molecular weight excluding hydrogens is 292 g/mol. The van der Waals surface area contributed by atoms with E-state index in [1.54, 1.807) is 17.9 Å². The topological polar surface area (TPSA) is 71.8 Å². The molecule has 1 aromatic rings. The van der Waals surface area contributed by atoms with Crippen molar-refractivity contribution in [1.29, 1.82) is 0 Å². The molecule has 0 unspecified atom stereocenters. The van der Waals surface area contributed by atoms with Crippen LogP contribution in [0.15, 0.2) is 17.2 Å². The summed E-state index contributed by atoms with van der Waals surface area (Å²) >= 11 is 0. The standard InChI is InChI=1S/C14H26N2O4S/c1-11(2)15-9-14(8-13(15)10-17)21(18,19)16(12(3)4)6-7-20-5/h8-9,11-12,17H,6-7,10H2,1-5H3. The predicted molar refractivity (Wildman–Crippen MR) is 81.6 cm³/mol. The van der Waals surface area contributed by atoms with Crippen molar-refractivity contribution < 1.29 is 18.3 Å². The number of sulfonamides is 1. The fraction of sp³-hybridized carbons (Fsp3) is 0.714. The minimum Gasteiger partial charge on any atom is -0.390 e. The number of nitrogens with zero attached hydrogens (tertiary/aromatic N) is 2. The lowest BCUT2D eigenvalue weighted by molar-refractivity contribution is 0.171. The molecule has 21 heavy (non-hydrogen) atoms. The predicted octanol–water partition coefficient (Wildman–Crippen LogP) is 1.61. The van der Waals surface area contributed by atoms with Gasteiger partial charge in [0.1, 0.15) is 4.90 Å². The molecule has 0 atom stereocenters. The maximum absolute atomic E-state index is 12.8. The summed E-state index contributed by atoms with van der Waals surface area (Å²) in [6.07, 6.45) is 1.59. The first-order chi connectivity index (χ1) is 9.75. The molecule has 0 radical (unpaired) electrons. The number of hydrogen-bond acceptors (Lipinski definition) is 4. The lowest BCUT2D eigenvalue weighted by Gasteiger charge is -2.25. The van der Waals surface area contributed by atoms with Gasteiger partial charge in [-0.3, -0.25) is 0 Å². The monoisotopic (exact) mass is 318 g/mol. The Kier molecular flexibility index (Phi) is 6.40. The van der Waals surface area contributed by atoms with Crippen LogP contribution in [-0.4, -0.2) is 48.7 Å². The number of ether oxygens (including phenoxy) is 1. The normalized spacial score (nSPS) is 12.8. The van der Waals surface area contributed by atoms with Crippen LogP contribution in [0.25, 0.3) is 0 Å². The van der Waals surface area contributed by atoms with E-state index in [2.05, 4.69) is 0 Å². The zero-order valence-electron chi connectivity index (χ0n) is 13.4. The van der Waals surface area contributed by atoms with Gasteiger partial charge in [-0.25, -0.2) is 8.42 Å². The second-order valence-corrected chi connectivity index (χ2v) is 7.42. The second-order valence-electron chi connectivity index (χ2n) is 5.53. The zero-order valence-corrected chi connectivity index (χ0v) is 14.2. The van der Waals surface area contributed by atoms with Gasteiger partial charge in [-0.05, 0) is 33.8 Å². The fourth-order valence-corrected chi connectivity index (χ4v) is 3.89. The van der Waals surface area contributed by atoms with E-state index < -0.39 is 10.0 Å². The number of methoxy groups -OCH3 is 1. The van der Waals surface area contributed by atoms with E-state index in [1.165, 1.54) is 10.4 Å². The summed E-state index contributed by atoms with van der Waals surface area (Å²) in [6, 6.07) is 1.46. The summed E-state index contributed by atoms with van der Waals surface area (Å²) in [7, 11) is -2.05. The molecule has 6 nitrogen and oxygen atoms in total. The fourth-order valence-electron chi connectivity index (χ4n) is 2.22. The van der Waals surface area contributed by atoms with Gasteiger partial charge in [-0.1, -0.05) is 0 Å². The molecule has 1 heterocycles. The Morgan fingerprint density at radius 2 is 1.95 bits per heavy atom. The van der Waals surface area contributed by atoms with E-state index in [0.717, 1.165) is 0 Å². The number of rotatable bonds is 8. The highest BCUT2D eigenvalue weighted by Gasteiger charge is 2.28. The molecule has 0 spiro atoms. The van der Waals surface area contributed by atoms with E-state index in [1.807, 2.05) is 27.7 Å². The van der Waals surface area contributed by atoms with E-state index in [9.17, 15) is 13.5 Å². The van der Waals surface area contributed by atoms with E-state index >= 15 is 0 Å². The minimum atomic E-state index is -3.60.